The molecule has 2 heterocycles. The zero-order valence-corrected chi connectivity index (χ0v) is 12.9. The standard InChI is InChI=1S/C15H20N2O3S/c1-17-12-7-3-2-6-11(12)16-15(17)10-13(18)14-8-4-5-9-21(14,19)20/h2-3,6-7,13-14,18H,4-5,8-10H2,1H3. The van der Waals surface area contributed by atoms with Gasteiger partial charge in [-0.1, -0.05) is 18.6 Å². The molecule has 114 valence electrons. The number of fused-ring (bicyclic) bond motifs is 1. The molecule has 0 amide bonds. The lowest BCUT2D eigenvalue weighted by atomic mass is 10.1. The van der Waals surface area contributed by atoms with E-state index in [9.17, 15) is 13.5 Å². The summed E-state index contributed by atoms with van der Waals surface area (Å²) in [6.45, 7) is 0. The molecule has 2 aromatic rings. The molecule has 6 heteroatoms. The average molecular weight is 308 g/mol. The summed E-state index contributed by atoms with van der Waals surface area (Å²) in [4.78, 5) is 4.50. The van der Waals surface area contributed by atoms with Crippen LogP contribution in [-0.2, 0) is 23.3 Å². The van der Waals surface area contributed by atoms with Gasteiger partial charge in [0, 0.05) is 13.5 Å². The highest BCUT2D eigenvalue weighted by Crippen LogP contribution is 2.25. The number of aryl methyl sites for hydroxylation is 1. The van der Waals surface area contributed by atoms with E-state index >= 15 is 0 Å². The third kappa shape index (κ3) is 2.70. The smallest absolute Gasteiger partial charge is 0.155 e. The predicted molar refractivity (Wildman–Crippen MR) is 81.9 cm³/mol. The van der Waals surface area contributed by atoms with Crippen molar-refractivity contribution >= 4 is 20.9 Å². The van der Waals surface area contributed by atoms with E-state index in [1.54, 1.807) is 0 Å². The van der Waals surface area contributed by atoms with Gasteiger partial charge in [0.15, 0.2) is 9.84 Å². The number of rotatable bonds is 3. The van der Waals surface area contributed by atoms with E-state index in [4.69, 9.17) is 0 Å². The molecule has 0 radical (unpaired) electrons. The SMILES string of the molecule is Cn1c(CC(O)C2CCCCS2(=O)=O)nc2ccccc21. The molecule has 21 heavy (non-hydrogen) atoms. The van der Waals surface area contributed by atoms with Crippen LogP contribution in [0.1, 0.15) is 25.1 Å². The minimum atomic E-state index is -3.17. The maximum absolute atomic E-state index is 12.1. The molecule has 1 aliphatic heterocycles. The number of hydrogen-bond donors (Lipinski definition) is 1. The molecule has 1 aromatic heterocycles. The van der Waals surface area contributed by atoms with Crippen molar-refractivity contribution < 1.29 is 13.5 Å². The van der Waals surface area contributed by atoms with Crippen molar-refractivity contribution in [2.45, 2.75) is 37.0 Å². The van der Waals surface area contributed by atoms with Crippen molar-refractivity contribution in [1.29, 1.82) is 0 Å². The van der Waals surface area contributed by atoms with Gasteiger partial charge in [-0.3, -0.25) is 0 Å². The number of aliphatic hydroxyl groups excluding tert-OH is 1. The normalized spacial score (nSPS) is 23.2. The van der Waals surface area contributed by atoms with Crippen molar-refractivity contribution in [2.24, 2.45) is 7.05 Å². The zero-order valence-electron chi connectivity index (χ0n) is 12.1. The second-order valence-corrected chi connectivity index (χ2v) is 8.09. The Balaban J connectivity index is 1.86. The molecule has 1 aromatic carbocycles. The Hall–Kier alpha value is -1.40. The van der Waals surface area contributed by atoms with Crippen LogP contribution in [-0.4, -0.2) is 40.2 Å². The monoisotopic (exact) mass is 308 g/mol. The Labute approximate surface area is 124 Å². The van der Waals surface area contributed by atoms with Crippen molar-refractivity contribution in [3.63, 3.8) is 0 Å². The Bertz CT molecular complexity index is 751. The molecule has 2 unspecified atom stereocenters. The molecule has 1 N–H and O–H groups in total. The van der Waals surface area contributed by atoms with Gasteiger partial charge in [-0.2, -0.15) is 0 Å². The van der Waals surface area contributed by atoms with Crippen molar-refractivity contribution in [3.05, 3.63) is 30.1 Å². The van der Waals surface area contributed by atoms with Crippen LogP contribution < -0.4 is 0 Å². The van der Waals surface area contributed by atoms with Crippen LogP contribution in [0.2, 0.25) is 0 Å². The summed E-state index contributed by atoms with van der Waals surface area (Å²) in [5, 5.41) is 9.73. The molecule has 1 fully saturated rings. The predicted octanol–water partition coefficient (Wildman–Crippen LogP) is 1.44. The number of imidazole rings is 1. The molecule has 0 bridgehead atoms. The van der Waals surface area contributed by atoms with Crippen molar-refractivity contribution in [2.75, 3.05) is 5.75 Å². The van der Waals surface area contributed by atoms with Gasteiger partial charge in [0.2, 0.25) is 0 Å². The van der Waals surface area contributed by atoms with E-state index < -0.39 is 21.2 Å². The molecule has 1 aliphatic rings. The van der Waals surface area contributed by atoms with Gasteiger partial charge in [0.1, 0.15) is 5.82 Å². The molecular weight excluding hydrogens is 288 g/mol. The minimum Gasteiger partial charge on any atom is -0.391 e. The van der Waals surface area contributed by atoms with E-state index in [1.807, 2.05) is 35.9 Å². The summed E-state index contributed by atoms with van der Waals surface area (Å²) in [6.07, 6.45) is 1.51. The lowest BCUT2D eigenvalue weighted by Crippen LogP contribution is -2.40. The fourth-order valence-electron chi connectivity index (χ4n) is 3.11. The van der Waals surface area contributed by atoms with Gasteiger partial charge in [-0.25, -0.2) is 13.4 Å². The number of nitrogens with zero attached hydrogens (tertiary/aromatic N) is 2. The second-order valence-electron chi connectivity index (χ2n) is 5.75. The minimum absolute atomic E-state index is 0.192. The van der Waals surface area contributed by atoms with Crippen molar-refractivity contribution in [1.82, 2.24) is 9.55 Å². The fraction of sp³-hybridized carbons (Fsp3) is 0.533. The summed E-state index contributed by atoms with van der Waals surface area (Å²) in [6, 6.07) is 7.75. The third-order valence-electron chi connectivity index (χ3n) is 4.33. The summed E-state index contributed by atoms with van der Waals surface area (Å²) >= 11 is 0. The zero-order chi connectivity index (χ0) is 15.0. The first kappa shape index (κ1) is 14.5. The van der Waals surface area contributed by atoms with Crippen LogP contribution >= 0.6 is 0 Å². The van der Waals surface area contributed by atoms with Crippen LogP contribution in [0.25, 0.3) is 11.0 Å². The molecule has 3 rings (SSSR count). The van der Waals surface area contributed by atoms with E-state index in [-0.39, 0.29) is 12.2 Å². The van der Waals surface area contributed by atoms with Crippen LogP contribution in [0.4, 0.5) is 0 Å². The van der Waals surface area contributed by atoms with Gasteiger partial charge < -0.3 is 9.67 Å². The van der Waals surface area contributed by atoms with Crippen LogP contribution in [0, 0.1) is 0 Å². The summed E-state index contributed by atoms with van der Waals surface area (Å²) in [7, 11) is -1.28. The summed E-state index contributed by atoms with van der Waals surface area (Å²) < 4.78 is 26.1. The fourth-order valence-corrected chi connectivity index (χ4v) is 5.12. The quantitative estimate of drug-likeness (QED) is 0.931. The van der Waals surface area contributed by atoms with Crippen molar-refractivity contribution in [3.8, 4) is 0 Å². The first-order valence-electron chi connectivity index (χ1n) is 7.29. The molecule has 0 aliphatic carbocycles. The Kier molecular flexibility index (Phi) is 3.75. The topological polar surface area (TPSA) is 72.2 Å². The van der Waals surface area contributed by atoms with Gasteiger partial charge in [-0.15, -0.1) is 0 Å². The number of para-hydroxylation sites is 2. The maximum Gasteiger partial charge on any atom is 0.155 e. The lowest BCUT2D eigenvalue weighted by Gasteiger charge is -2.26. The molecule has 5 nitrogen and oxygen atoms in total. The van der Waals surface area contributed by atoms with E-state index in [0.717, 1.165) is 23.3 Å². The molecule has 2 atom stereocenters. The van der Waals surface area contributed by atoms with Crippen LogP contribution in [0.15, 0.2) is 24.3 Å². The summed E-state index contributed by atoms with van der Waals surface area (Å²) in [5.74, 6) is 0.918. The first-order valence-corrected chi connectivity index (χ1v) is 9.00. The number of aromatic nitrogens is 2. The molecule has 0 spiro atoms. The highest BCUT2D eigenvalue weighted by atomic mass is 32.2. The Morgan fingerprint density at radius 3 is 2.86 bits per heavy atom. The lowest BCUT2D eigenvalue weighted by molar-refractivity contribution is 0.159. The molecule has 1 saturated heterocycles. The van der Waals surface area contributed by atoms with Gasteiger partial charge >= 0.3 is 0 Å². The largest absolute Gasteiger partial charge is 0.391 e. The van der Waals surface area contributed by atoms with Gasteiger partial charge in [0.05, 0.1) is 28.1 Å². The van der Waals surface area contributed by atoms with Crippen LogP contribution in [0.5, 0.6) is 0 Å². The number of sulfone groups is 1. The number of benzene rings is 1. The van der Waals surface area contributed by atoms with E-state index in [1.165, 1.54) is 0 Å². The molecule has 0 saturated carbocycles. The number of aliphatic hydroxyl groups is 1. The highest BCUT2D eigenvalue weighted by Gasteiger charge is 2.35. The first-order chi connectivity index (χ1) is 9.99. The third-order valence-corrected chi connectivity index (χ3v) is 6.66. The van der Waals surface area contributed by atoms with E-state index in [0.29, 0.717) is 12.8 Å². The molecular formula is C15H20N2O3S. The average Bonchev–Trinajstić information content (AvgIpc) is 2.75. The number of hydrogen-bond acceptors (Lipinski definition) is 4. The van der Waals surface area contributed by atoms with Gasteiger partial charge in [0.25, 0.3) is 0 Å². The maximum atomic E-state index is 12.1. The Morgan fingerprint density at radius 2 is 2.14 bits per heavy atom. The van der Waals surface area contributed by atoms with E-state index in [2.05, 4.69) is 4.98 Å². The highest BCUT2D eigenvalue weighted by molar-refractivity contribution is 7.92. The Morgan fingerprint density at radius 1 is 1.38 bits per heavy atom. The summed E-state index contributed by atoms with van der Waals surface area (Å²) in [5.41, 5.74) is 1.86. The second kappa shape index (κ2) is 5.42. The van der Waals surface area contributed by atoms with Gasteiger partial charge in [-0.05, 0) is 25.0 Å². The van der Waals surface area contributed by atoms with Crippen LogP contribution in [0.3, 0.4) is 0 Å².